The maximum absolute atomic E-state index is 15.1. The van der Waals surface area contributed by atoms with Crippen LogP contribution in [0.25, 0.3) is 10.2 Å². The van der Waals surface area contributed by atoms with Crippen molar-refractivity contribution >= 4 is 31.4 Å². The van der Waals surface area contributed by atoms with Gasteiger partial charge in [-0.2, -0.15) is 0 Å². The molecule has 0 N–H and O–H groups in total. The summed E-state index contributed by atoms with van der Waals surface area (Å²) in [5, 5.41) is 0. The molecule has 1 heterocycles. The Kier molecular flexibility index (Phi) is 8.83. The maximum Gasteiger partial charge on any atom is 0.210 e. The monoisotopic (exact) mass is 551 g/mol. The highest BCUT2D eigenvalue weighted by atomic mass is 32.2. The van der Waals surface area contributed by atoms with Gasteiger partial charge in [0.1, 0.15) is 13.0 Å². The van der Waals surface area contributed by atoms with Crippen molar-refractivity contribution in [3.63, 3.8) is 0 Å². The molecule has 0 radical (unpaired) electrons. The van der Waals surface area contributed by atoms with Crippen LogP contribution >= 0.6 is 11.3 Å². The lowest BCUT2D eigenvalue weighted by atomic mass is 9.60. The van der Waals surface area contributed by atoms with Gasteiger partial charge < -0.3 is 9.47 Å². The van der Waals surface area contributed by atoms with Crippen LogP contribution in [0.5, 0.6) is 0 Å². The summed E-state index contributed by atoms with van der Waals surface area (Å²) in [7, 11) is -1.90. The number of nitrogens with zero attached hydrogens (tertiary/aromatic N) is 1. The van der Waals surface area contributed by atoms with Crippen molar-refractivity contribution in [3.05, 3.63) is 35.9 Å². The summed E-state index contributed by atoms with van der Waals surface area (Å²) in [5.74, 6) is 1.06. The van der Waals surface area contributed by atoms with E-state index in [1.54, 1.807) is 7.11 Å². The van der Waals surface area contributed by atoms with Crippen LogP contribution in [0.2, 0.25) is 0 Å². The normalized spacial score (nSPS) is 27.5. The minimum atomic E-state index is -3.48. The molecule has 5 nitrogen and oxygen atoms in total. The Morgan fingerprint density at radius 2 is 2.05 bits per heavy atom. The van der Waals surface area contributed by atoms with Gasteiger partial charge in [0, 0.05) is 13.5 Å². The quantitative estimate of drug-likeness (QED) is 0.216. The maximum atomic E-state index is 15.1. The Bertz CT molecular complexity index is 1170. The van der Waals surface area contributed by atoms with Gasteiger partial charge in [-0.25, -0.2) is 17.8 Å². The van der Waals surface area contributed by atoms with Crippen LogP contribution < -0.4 is 0 Å². The van der Waals surface area contributed by atoms with E-state index in [1.165, 1.54) is 16.9 Å². The first kappa shape index (κ1) is 28.7. The second kappa shape index (κ2) is 11.4. The highest BCUT2D eigenvalue weighted by Gasteiger charge is 2.51. The minimum Gasteiger partial charge on any atom is -0.359 e. The number of ether oxygens (including phenoxy) is 2. The molecule has 0 saturated heterocycles. The van der Waals surface area contributed by atoms with E-state index in [2.05, 4.69) is 18.8 Å². The number of hydrogen-bond acceptors (Lipinski definition) is 6. The molecule has 0 bridgehead atoms. The number of allylic oxidation sites excluding steroid dienone is 1. The van der Waals surface area contributed by atoms with Crippen LogP contribution in [0.3, 0.4) is 0 Å². The zero-order chi connectivity index (χ0) is 26.8. The largest absolute Gasteiger partial charge is 0.359 e. The predicted octanol–water partition coefficient (Wildman–Crippen LogP) is 7.37. The van der Waals surface area contributed by atoms with E-state index in [0.717, 1.165) is 42.3 Å². The first-order valence-electron chi connectivity index (χ1n) is 13.5. The minimum absolute atomic E-state index is 0.00192. The highest BCUT2D eigenvalue weighted by molar-refractivity contribution is 7.93. The Morgan fingerprint density at radius 1 is 1.30 bits per heavy atom. The number of sulfone groups is 1. The van der Waals surface area contributed by atoms with Crippen molar-refractivity contribution in [1.82, 2.24) is 4.98 Å². The molecule has 0 spiro atoms. The Balaban J connectivity index is 1.42. The van der Waals surface area contributed by atoms with E-state index in [1.807, 2.05) is 44.2 Å². The lowest BCUT2D eigenvalue weighted by Crippen LogP contribution is -2.37. The Morgan fingerprint density at radius 3 is 2.78 bits per heavy atom. The first-order chi connectivity index (χ1) is 17.4. The average Bonchev–Trinajstić information content (AvgIpc) is 3.43. The van der Waals surface area contributed by atoms with Gasteiger partial charge in [0.2, 0.25) is 14.2 Å². The van der Waals surface area contributed by atoms with Gasteiger partial charge in [-0.15, -0.1) is 11.3 Å². The van der Waals surface area contributed by atoms with Crippen LogP contribution in [-0.2, 0) is 19.3 Å². The van der Waals surface area contributed by atoms with Gasteiger partial charge in [-0.05, 0) is 87.7 Å². The fourth-order valence-corrected chi connectivity index (χ4v) is 9.48. The summed E-state index contributed by atoms with van der Waals surface area (Å²) < 4.78 is 53.2. The van der Waals surface area contributed by atoms with Crippen molar-refractivity contribution in [2.45, 2.75) is 88.8 Å². The van der Waals surface area contributed by atoms with E-state index in [4.69, 9.17) is 9.47 Å². The molecule has 0 unspecified atom stereocenters. The molecule has 2 aromatic rings. The van der Waals surface area contributed by atoms with Crippen molar-refractivity contribution in [2.75, 3.05) is 19.7 Å². The molecule has 2 aliphatic rings. The number of thiazole rings is 1. The molecule has 2 saturated carbocycles. The van der Waals surface area contributed by atoms with Crippen LogP contribution in [0.15, 0.2) is 40.3 Å². The molecule has 206 valence electrons. The predicted molar refractivity (Wildman–Crippen MR) is 148 cm³/mol. The van der Waals surface area contributed by atoms with Gasteiger partial charge in [-0.3, -0.25) is 0 Å². The van der Waals surface area contributed by atoms with Gasteiger partial charge in [0.05, 0.1) is 21.6 Å². The van der Waals surface area contributed by atoms with E-state index >= 15 is 4.39 Å². The first-order valence-corrected chi connectivity index (χ1v) is 16.0. The fraction of sp³-hybridized carbons (Fsp3) is 0.690. The third-order valence-corrected chi connectivity index (χ3v) is 11.8. The van der Waals surface area contributed by atoms with Crippen molar-refractivity contribution in [3.8, 4) is 0 Å². The molecule has 2 aliphatic carbocycles. The van der Waals surface area contributed by atoms with Crippen molar-refractivity contribution in [2.24, 2.45) is 23.2 Å². The number of halogens is 1. The molecule has 5 atom stereocenters. The molecule has 8 heteroatoms. The second-order valence-corrected chi connectivity index (χ2v) is 15.2. The number of rotatable bonds is 11. The molecular formula is C29H42FNO4S2. The highest BCUT2D eigenvalue weighted by Crippen LogP contribution is 2.60. The molecule has 1 aromatic heterocycles. The standard InChI is InChI=1S/C29H42FNO4S2/c1-20(17-22(30)18-28(2,3)35-19-34-5)23-12-13-24-21(9-8-15-29(23,24)4)14-16-37(32,33)27-31-25-10-6-7-11-26(25)36-27/h6-7,10-11,14,20,22-24H,8-9,12-13,15-19H2,1-5H3/b21-14+/t20-,22+,23-,24+,29-/m1/s1. The number of methoxy groups -OCH3 is 1. The van der Waals surface area contributed by atoms with Crippen LogP contribution in [0.4, 0.5) is 4.39 Å². The lowest BCUT2D eigenvalue weighted by Gasteiger charge is -2.44. The summed E-state index contributed by atoms with van der Waals surface area (Å²) in [6.45, 7) is 8.55. The van der Waals surface area contributed by atoms with Crippen molar-refractivity contribution < 1.29 is 22.3 Å². The van der Waals surface area contributed by atoms with Gasteiger partial charge >= 0.3 is 0 Å². The smallest absolute Gasteiger partial charge is 0.210 e. The Hall–Kier alpha value is -1.35. The van der Waals surface area contributed by atoms with Gasteiger partial charge in [0.25, 0.3) is 0 Å². The fourth-order valence-electron chi connectivity index (χ4n) is 6.99. The summed E-state index contributed by atoms with van der Waals surface area (Å²) in [4.78, 5) is 4.38. The third-order valence-electron chi connectivity index (χ3n) is 8.74. The zero-order valence-electron chi connectivity index (χ0n) is 22.8. The summed E-state index contributed by atoms with van der Waals surface area (Å²) in [5.41, 5.74) is 1.54. The summed E-state index contributed by atoms with van der Waals surface area (Å²) in [6.07, 6.45) is 7.17. The topological polar surface area (TPSA) is 65.5 Å². The number of fused-ring (bicyclic) bond motifs is 2. The van der Waals surface area contributed by atoms with E-state index in [9.17, 15) is 8.42 Å². The molecule has 2 fully saturated rings. The molecular weight excluding hydrogens is 509 g/mol. The van der Waals surface area contributed by atoms with Crippen molar-refractivity contribution in [1.29, 1.82) is 0 Å². The van der Waals surface area contributed by atoms with Crippen LogP contribution in [-0.4, -0.2) is 44.8 Å². The molecule has 0 aliphatic heterocycles. The number of alkyl halides is 1. The number of para-hydroxylation sites is 1. The summed E-state index contributed by atoms with van der Waals surface area (Å²) >= 11 is 1.25. The molecule has 0 amide bonds. The van der Waals surface area contributed by atoms with E-state index in [-0.39, 0.29) is 28.2 Å². The Labute approximate surface area is 225 Å². The number of hydrogen-bond donors (Lipinski definition) is 0. The number of benzene rings is 1. The molecule has 1 aromatic carbocycles. The van der Waals surface area contributed by atoms with Crippen LogP contribution in [0, 0.1) is 23.2 Å². The van der Waals surface area contributed by atoms with Gasteiger partial charge in [0.15, 0.2) is 0 Å². The molecule has 37 heavy (non-hydrogen) atoms. The van der Waals surface area contributed by atoms with E-state index < -0.39 is 21.6 Å². The zero-order valence-corrected chi connectivity index (χ0v) is 24.5. The van der Waals surface area contributed by atoms with Crippen LogP contribution in [0.1, 0.15) is 72.6 Å². The molecule has 4 rings (SSSR count). The third kappa shape index (κ3) is 6.45. The van der Waals surface area contributed by atoms with Gasteiger partial charge in [-0.1, -0.05) is 37.6 Å². The average molecular weight is 552 g/mol. The lowest BCUT2D eigenvalue weighted by molar-refractivity contribution is -0.124. The second-order valence-electron chi connectivity index (χ2n) is 11.9. The number of aromatic nitrogens is 1. The van der Waals surface area contributed by atoms with E-state index in [0.29, 0.717) is 24.7 Å². The summed E-state index contributed by atoms with van der Waals surface area (Å²) in [6, 6.07) is 7.54. The SMILES string of the molecule is COCOC(C)(C)C[C@@H](F)C[C@@H](C)[C@H]1CC[C@H]2/C(=C/CS(=O)(=O)c3nc4ccccc4s3)CCC[C@]12C.